The lowest BCUT2D eigenvalue weighted by molar-refractivity contribution is -0.120. The van der Waals surface area contributed by atoms with E-state index in [9.17, 15) is 14.0 Å². The van der Waals surface area contributed by atoms with Crippen LogP contribution < -0.4 is 9.64 Å². The summed E-state index contributed by atoms with van der Waals surface area (Å²) in [7, 11) is 0. The quantitative estimate of drug-likeness (QED) is 0.464. The van der Waals surface area contributed by atoms with E-state index in [1.54, 1.807) is 18.2 Å². The van der Waals surface area contributed by atoms with E-state index < -0.39 is 11.7 Å². The molecular weight excluding hydrogens is 429 g/mol. The van der Waals surface area contributed by atoms with Crippen molar-refractivity contribution in [1.29, 1.82) is 0 Å². The molecule has 1 aliphatic carbocycles. The van der Waals surface area contributed by atoms with Gasteiger partial charge in [0, 0.05) is 35.6 Å². The summed E-state index contributed by atoms with van der Waals surface area (Å²) in [6, 6.07) is 23.7. The van der Waals surface area contributed by atoms with E-state index in [0.29, 0.717) is 36.5 Å². The van der Waals surface area contributed by atoms with Crippen molar-refractivity contribution in [2.24, 2.45) is 0 Å². The molecule has 5 heteroatoms. The van der Waals surface area contributed by atoms with Gasteiger partial charge in [0.1, 0.15) is 11.6 Å². The van der Waals surface area contributed by atoms with Crippen molar-refractivity contribution in [3.05, 3.63) is 107 Å². The number of allylic oxidation sites excluding steroid dienone is 2. The van der Waals surface area contributed by atoms with Crippen LogP contribution in [0, 0.1) is 5.82 Å². The highest BCUT2D eigenvalue weighted by Gasteiger charge is 2.43. The molecule has 0 radical (unpaired) electrons. The van der Waals surface area contributed by atoms with Gasteiger partial charge < -0.3 is 4.74 Å². The number of carbonyl (C=O) groups is 2. The van der Waals surface area contributed by atoms with E-state index in [0.717, 1.165) is 11.1 Å². The normalized spacial score (nSPS) is 20.4. The highest BCUT2D eigenvalue weighted by Crippen LogP contribution is 2.48. The van der Waals surface area contributed by atoms with E-state index in [1.165, 1.54) is 11.0 Å². The van der Waals surface area contributed by atoms with E-state index in [4.69, 9.17) is 4.74 Å². The maximum atomic E-state index is 14.9. The van der Waals surface area contributed by atoms with Crippen LogP contribution in [0.25, 0.3) is 0 Å². The Balaban J connectivity index is 1.68. The Bertz CT molecular complexity index is 1270. The molecule has 2 aliphatic rings. The summed E-state index contributed by atoms with van der Waals surface area (Å²) in [5, 5.41) is 0. The number of benzene rings is 3. The Labute approximate surface area is 198 Å². The van der Waals surface area contributed by atoms with Crippen molar-refractivity contribution in [2.45, 2.75) is 38.0 Å². The zero-order chi connectivity index (χ0) is 23.7. The van der Waals surface area contributed by atoms with Crippen molar-refractivity contribution in [1.82, 2.24) is 0 Å². The first-order valence-electron chi connectivity index (χ1n) is 11.7. The molecule has 2 unspecified atom stereocenters. The summed E-state index contributed by atoms with van der Waals surface area (Å²) in [6.45, 7) is 2.39. The van der Waals surface area contributed by atoms with E-state index in [1.807, 2.05) is 61.5 Å². The average Bonchev–Trinajstić information content (AvgIpc) is 2.85. The molecule has 3 aromatic carbocycles. The number of anilines is 1. The molecule has 0 fully saturated rings. The van der Waals surface area contributed by atoms with Gasteiger partial charge in [-0.15, -0.1) is 0 Å². The average molecular weight is 456 g/mol. The fourth-order valence-corrected chi connectivity index (χ4v) is 5.23. The van der Waals surface area contributed by atoms with Gasteiger partial charge in [-0.2, -0.15) is 0 Å². The van der Waals surface area contributed by atoms with Crippen LogP contribution in [-0.4, -0.2) is 18.3 Å². The third-order valence-electron chi connectivity index (χ3n) is 6.69. The Morgan fingerprint density at radius 1 is 0.882 bits per heavy atom. The van der Waals surface area contributed by atoms with Gasteiger partial charge in [-0.25, -0.2) is 4.39 Å². The molecule has 0 spiro atoms. The molecule has 0 N–H and O–H groups in total. The maximum Gasteiger partial charge on any atom is 0.232 e. The standard InChI is InChI=1S/C29H26FNO3/c1-2-34-27-15-9-6-12-21(27)22-18-28(33)31(24-14-8-7-13-23(24)30)25-16-20(17-26(32)29(22)25)19-10-4-3-5-11-19/h3-15,20,22H,2,16-18H2,1H3. The smallest absolute Gasteiger partial charge is 0.232 e. The summed E-state index contributed by atoms with van der Waals surface area (Å²) >= 11 is 0. The monoisotopic (exact) mass is 455 g/mol. The van der Waals surface area contributed by atoms with Gasteiger partial charge >= 0.3 is 0 Å². The molecular formula is C29H26FNO3. The molecule has 4 nitrogen and oxygen atoms in total. The second kappa shape index (κ2) is 9.26. The summed E-state index contributed by atoms with van der Waals surface area (Å²) in [4.78, 5) is 28.7. The molecule has 2 atom stereocenters. The summed E-state index contributed by atoms with van der Waals surface area (Å²) in [5.74, 6) is -0.521. The number of hydrogen-bond acceptors (Lipinski definition) is 3. The van der Waals surface area contributed by atoms with Crippen molar-refractivity contribution in [3.63, 3.8) is 0 Å². The third kappa shape index (κ3) is 3.92. The highest BCUT2D eigenvalue weighted by molar-refractivity contribution is 6.08. The first-order chi connectivity index (χ1) is 16.6. The minimum atomic E-state index is -0.481. The van der Waals surface area contributed by atoms with Gasteiger partial charge in [0.15, 0.2) is 5.78 Å². The Hall–Kier alpha value is -3.73. The van der Waals surface area contributed by atoms with Gasteiger partial charge in [0.2, 0.25) is 5.91 Å². The van der Waals surface area contributed by atoms with Gasteiger partial charge in [0.05, 0.1) is 12.3 Å². The van der Waals surface area contributed by atoms with Gasteiger partial charge in [-0.1, -0.05) is 60.7 Å². The van der Waals surface area contributed by atoms with Crippen LogP contribution in [0.2, 0.25) is 0 Å². The topological polar surface area (TPSA) is 46.6 Å². The van der Waals surface area contributed by atoms with Gasteiger partial charge in [0.25, 0.3) is 0 Å². The zero-order valence-electron chi connectivity index (χ0n) is 19.0. The second-order valence-electron chi connectivity index (χ2n) is 8.71. The predicted molar refractivity (Wildman–Crippen MR) is 129 cm³/mol. The molecule has 0 aromatic heterocycles. The SMILES string of the molecule is CCOc1ccccc1C1CC(=O)N(c2ccccc2F)C2=C1C(=O)CC(c1ccccc1)C2. The highest BCUT2D eigenvalue weighted by atomic mass is 19.1. The summed E-state index contributed by atoms with van der Waals surface area (Å²) in [6.07, 6.45) is 0.924. The number of rotatable bonds is 5. The first kappa shape index (κ1) is 22.1. The third-order valence-corrected chi connectivity index (χ3v) is 6.69. The van der Waals surface area contributed by atoms with Crippen LogP contribution in [0.5, 0.6) is 5.75 Å². The molecule has 34 heavy (non-hydrogen) atoms. The van der Waals surface area contributed by atoms with Crippen LogP contribution in [-0.2, 0) is 9.59 Å². The molecule has 0 saturated carbocycles. The van der Waals surface area contributed by atoms with Crippen molar-refractivity contribution >= 4 is 17.4 Å². The number of halogens is 1. The van der Waals surface area contributed by atoms with Gasteiger partial charge in [-0.3, -0.25) is 14.5 Å². The number of ether oxygens (including phenoxy) is 1. The van der Waals surface area contributed by atoms with Crippen LogP contribution in [0.1, 0.15) is 49.1 Å². The zero-order valence-corrected chi connectivity index (χ0v) is 19.0. The number of hydrogen-bond donors (Lipinski definition) is 0. The number of Topliss-reactive ketones (excluding diaryl/α,β-unsaturated/α-hetero) is 1. The van der Waals surface area contributed by atoms with Crippen molar-refractivity contribution in [3.8, 4) is 5.75 Å². The van der Waals surface area contributed by atoms with Crippen LogP contribution in [0.3, 0.4) is 0 Å². The lowest BCUT2D eigenvalue weighted by Gasteiger charge is -2.40. The van der Waals surface area contributed by atoms with E-state index >= 15 is 0 Å². The fourth-order valence-electron chi connectivity index (χ4n) is 5.23. The van der Waals surface area contributed by atoms with Crippen LogP contribution >= 0.6 is 0 Å². The van der Waals surface area contributed by atoms with Crippen molar-refractivity contribution < 1.29 is 18.7 Å². The molecule has 0 saturated heterocycles. The first-order valence-corrected chi connectivity index (χ1v) is 11.7. The number of para-hydroxylation sites is 2. The van der Waals surface area contributed by atoms with E-state index in [2.05, 4.69) is 0 Å². The molecule has 3 aromatic rings. The van der Waals surface area contributed by atoms with Crippen LogP contribution in [0.15, 0.2) is 90.1 Å². The Morgan fingerprint density at radius 3 is 2.35 bits per heavy atom. The minimum Gasteiger partial charge on any atom is -0.494 e. The molecule has 1 amide bonds. The molecule has 1 heterocycles. The second-order valence-corrected chi connectivity index (χ2v) is 8.71. The molecule has 0 bridgehead atoms. The fraction of sp³-hybridized carbons (Fsp3) is 0.241. The Morgan fingerprint density at radius 2 is 1.59 bits per heavy atom. The number of amides is 1. The largest absolute Gasteiger partial charge is 0.494 e. The molecule has 1 aliphatic heterocycles. The molecule has 172 valence electrons. The summed E-state index contributed by atoms with van der Waals surface area (Å²) in [5.41, 5.74) is 3.26. The number of ketones is 1. The lowest BCUT2D eigenvalue weighted by Crippen LogP contribution is -2.42. The van der Waals surface area contributed by atoms with Gasteiger partial charge in [-0.05, 0) is 43.0 Å². The number of nitrogens with zero attached hydrogens (tertiary/aromatic N) is 1. The minimum absolute atomic E-state index is 0.000226. The Kier molecular flexibility index (Phi) is 6.01. The maximum absolute atomic E-state index is 14.9. The molecule has 5 rings (SSSR count). The predicted octanol–water partition coefficient (Wildman–Crippen LogP) is 6.15. The van der Waals surface area contributed by atoms with E-state index in [-0.39, 0.29) is 29.7 Å². The van der Waals surface area contributed by atoms with Crippen LogP contribution in [0.4, 0.5) is 10.1 Å². The van der Waals surface area contributed by atoms with Crippen molar-refractivity contribution in [2.75, 3.05) is 11.5 Å². The lowest BCUT2D eigenvalue weighted by atomic mass is 9.72. The number of carbonyl (C=O) groups excluding carboxylic acids is 2. The summed E-state index contributed by atoms with van der Waals surface area (Å²) < 4.78 is 20.7.